The monoisotopic (exact) mass is 293 g/mol. The minimum absolute atomic E-state index is 0.702. The van der Waals surface area contributed by atoms with Crippen LogP contribution in [0.25, 0.3) is 0 Å². The molecule has 3 rings (SSSR count). The summed E-state index contributed by atoms with van der Waals surface area (Å²) in [5.41, 5.74) is 1.12. The van der Waals surface area contributed by atoms with Crippen molar-refractivity contribution in [1.82, 2.24) is 5.32 Å². The van der Waals surface area contributed by atoms with Crippen LogP contribution in [-0.4, -0.2) is 0 Å². The summed E-state index contributed by atoms with van der Waals surface area (Å²) in [5, 5.41) is 3.38. The van der Waals surface area contributed by atoms with E-state index in [1.165, 1.54) is 0 Å². The van der Waals surface area contributed by atoms with Crippen LogP contribution >= 0.6 is 0 Å². The van der Waals surface area contributed by atoms with Gasteiger partial charge >= 0.3 is 0 Å². The zero-order valence-electron chi connectivity index (χ0n) is 12.6. The number of furan rings is 1. The van der Waals surface area contributed by atoms with E-state index in [4.69, 9.17) is 9.15 Å². The summed E-state index contributed by atoms with van der Waals surface area (Å²) in [7, 11) is 0. The van der Waals surface area contributed by atoms with E-state index >= 15 is 0 Å². The van der Waals surface area contributed by atoms with Gasteiger partial charge in [0.15, 0.2) is 0 Å². The molecule has 2 aromatic carbocycles. The molecular formula is C19H19NO2. The van der Waals surface area contributed by atoms with Gasteiger partial charge in [0, 0.05) is 12.1 Å². The summed E-state index contributed by atoms with van der Waals surface area (Å²) in [6, 6.07) is 21.9. The number of aryl methyl sites for hydroxylation is 1. The van der Waals surface area contributed by atoms with Gasteiger partial charge in [0.25, 0.3) is 0 Å². The van der Waals surface area contributed by atoms with Crippen molar-refractivity contribution in [2.24, 2.45) is 0 Å². The van der Waals surface area contributed by atoms with Crippen LogP contribution in [-0.2, 0) is 13.1 Å². The van der Waals surface area contributed by atoms with Gasteiger partial charge in [0.1, 0.15) is 23.0 Å². The van der Waals surface area contributed by atoms with Crippen LogP contribution in [0.1, 0.15) is 17.1 Å². The van der Waals surface area contributed by atoms with E-state index in [1.54, 1.807) is 0 Å². The fourth-order valence-electron chi connectivity index (χ4n) is 2.27. The number of hydrogen-bond acceptors (Lipinski definition) is 3. The third kappa shape index (κ3) is 3.77. The summed E-state index contributed by atoms with van der Waals surface area (Å²) >= 11 is 0. The molecule has 0 unspecified atom stereocenters. The molecule has 0 aliphatic carbocycles. The largest absolute Gasteiger partial charge is 0.465 e. The first-order chi connectivity index (χ1) is 10.8. The Morgan fingerprint density at radius 3 is 2.41 bits per heavy atom. The Morgan fingerprint density at radius 2 is 1.64 bits per heavy atom. The molecule has 0 bridgehead atoms. The molecule has 0 amide bonds. The van der Waals surface area contributed by atoms with Crippen LogP contribution in [0.5, 0.6) is 11.5 Å². The molecule has 0 spiro atoms. The zero-order valence-corrected chi connectivity index (χ0v) is 12.6. The average molecular weight is 293 g/mol. The molecule has 112 valence electrons. The van der Waals surface area contributed by atoms with Gasteiger partial charge in [-0.15, -0.1) is 0 Å². The summed E-state index contributed by atoms with van der Waals surface area (Å²) in [6.45, 7) is 3.38. The lowest BCUT2D eigenvalue weighted by molar-refractivity contribution is 0.452. The average Bonchev–Trinajstić information content (AvgIpc) is 2.95. The zero-order chi connectivity index (χ0) is 15.2. The minimum Gasteiger partial charge on any atom is -0.465 e. The number of hydrogen-bond donors (Lipinski definition) is 1. The molecule has 3 heteroatoms. The van der Waals surface area contributed by atoms with Crippen LogP contribution < -0.4 is 10.1 Å². The molecule has 0 saturated heterocycles. The number of rotatable bonds is 6. The molecule has 3 aromatic rings. The Kier molecular flexibility index (Phi) is 4.56. The highest BCUT2D eigenvalue weighted by atomic mass is 16.5. The Balaban J connectivity index is 1.63. The highest BCUT2D eigenvalue weighted by molar-refractivity contribution is 5.37. The van der Waals surface area contributed by atoms with Gasteiger partial charge in [-0.3, -0.25) is 0 Å². The molecule has 0 aliphatic rings. The summed E-state index contributed by atoms with van der Waals surface area (Å²) in [4.78, 5) is 0. The lowest BCUT2D eigenvalue weighted by atomic mass is 10.2. The van der Waals surface area contributed by atoms with Crippen LogP contribution in [0.2, 0.25) is 0 Å². The molecule has 1 N–H and O–H groups in total. The quantitative estimate of drug-likeness (QED) is 0.717. The first kappa shape index (κ1) is 14.4. The van der Waals surface area contributed by atoms with Crippen LogP contribution in [0.4, 0.5) is 0 Å². The van der Waals surface area contributed by atoms with Crippen molar-refractivity contribution in [2.75, 3.05) is 0 Å². The molecule has 0 radical (unpaired) electrons. The predicted octanol–water partition coefficient (Wildman–Crippen LogP) is 4.67. The normalized spacial score (nSPS) is 10.6. The molecule has 3 nitrogen and oxygen atoms in total. The molecule has 0 saturated carbocycles. The maximum absolute atomic E-state index is 5.95. The highest BCUT2D eigenvalue weighted by Crippen LogP contribution is 2.24. The third-order valence-corrected chi connectivity index (χ3v) is 3.35. The molecule has 1 heterocycles. The van der Waals surface area contributed by atoms with E-state index in [-0.39, 0.29) is 0 Å². The number of nitrogens with one attached hydrogen (secondary N) is 1. The van der Waals surface area contributed by atoms with Gasteiger partial charge in [0.2, 0.25) is 0 Å². The summed E-state index contributed by atoms with van der Waals surface area (Å²) in [6.07, 6.45) is 0. The van der Waals surface area contributed by atoms with E-state index in [9.17, 15) is 0 Å². The highest BCUT2D eigenvalue weighted by Gasteiger charge is 2.05. The fraction of sp³-hybridized carbons (Fsp3) is 0.158. The van der Waals surface area contributed by atoms with Crippen molar-refractivity contribution in [3.05, 3.63) is 83.8 Å². The van der Waals surface area contributed by atoms with E-state index in [2.05, 4.69) is 11.4 Å². The summed E-state index contributed by atoms with van der Waals surface area (Å²) < 4.78 is 11.5. The molecule has 0 atom stereocenters. The van der Waals surface area contributed by atoms with Crippen molar-refractivity contribution >= 4 is 0 Å². The molecule has 0 fully saturated rings. The summed E-state index contributed by atoms with van der Waals surface area (Å²) in [5.74, 6) is 3.59. The van der Waals surface area contributed by atoms with Crippen LogP contribution in [0.3, 0.4) is 0 Å². The second kappa shape index (κ2) is 6.96. The third-order valence-electron chi connectivity index (χ3n) is 3.35. The second-order valence-corrected chi connectivity index (χ2v) is 5.14. The Hall–Kier alpha value is -2.52. The van der Waals surface area contributed by atoms with Gasteiger partial charge in [-0.25, -0.2) is 0 Å². The predicted molar refractivity (Wildman–Crippen MR) is 86.9 cm³/mol. The first-order valence-electron chi connectivity index (χ1n) is 7.38. The maximum atomic E-state index is 5.95. The van der Waals surface area contributed by atoms with Gasteiger partial charge in [0.05, 0.1) is 6.54 Å². The minimum atomic E-state index is 0.702. The number of benzene rings is 2. The van der Waals surface area contributed by atoms with Crippen molar-refractivity contribution in [2.45, 2.75) is 20.0 Å². The van der Waals surface area contributed by atoms with E-state index in [1.807, 2.05) is 67.6 Å². The Labute approximate surface area is 130 Å². The second-order valence-electron chi connectivity index (χ2n) is 5.14. The number of para-hydroxylation sites is 2. The topological polar surface area (TPSA) is 34.4 Å². The maximum Gasteiger partial charge on any atom is 0.131 e. The lowest BCUT2D eigenvalue weighted by Crippen LogP contribution is -2.12. The molecule has 0 aliphatic heterocycles. The van der Waals surface area contributed by atoms with E-state index < -0.39 is 0 Å². The Bertz CT molecular complexity index is 719. The van der Waals surface area contributed by atoms with E-state index in [0.29, 0.717) is 6.54 Å². The first-order valence-corrected chi connectivity index (χ1v) is 7.38. The van der Waals surface area contributed by atoms with Gasteiger partial charge in [-0.2, -0.15) is 0 Å². The molecule has 1 aromatic heterocycles. The van der Waals surface area contributed by atoms with Crippen molar-refractivity contribution in [3.63, 3.8) is 0 Å². The van der Waals surface area contributed by atoms with Gasteiger partial charge in [-0.05, 0) is 37.3 Å². The molecular weight excluding hydrogens is 274 g/mol. The van der Waals surface area contributed by atoms with Crippen LogP contribution in [0.15, 0.2) is 71.1 Å². The van der Waals surface area contributed by atoms with Gasteiger partial charge < -0.3 is 14.5 Å². The molecule has 22 heavy (non-hydrogen) atoms. The standard InChI is InChI=1S/C19H19NO2/c1-15-11-12-18(21-15)14-20-13-16-7-5-6-10-19(16)22-17-8-3-2-4-9-17/h2-12,20H,13-14H2,1H3. The van der Waals surface area contributed by atoms with Crippen molar-refractivity contribution < 1.29 is 9.15 Å². The fourth-order valence-corrected chi connectivity index (χ4v) is 2.27. The van der Waals surface area contributed by atoms with Crippen molar-refractivity contribution in [3.8, 4) is 11.5 Å². The van der Waals surface area contributed by atoms with Gasteiger partial charge in [-0.1, -0.05) is 36.4 Å². The number of ether oxygens (including phenoxy) is 1. The van der Waals surface area contributed by atoms with Crippen molar-refractivity contribution in [1.29, 1.82) is 0 Å². The van der Waals surface area contributed by atoms with E-state index in [0.717, 1.165) is 35.1 Å². The van der Waals surface area contributed by atoms with Crippen LogP contribution in [0, 0.1) is 6.92 Å². The lowest BCUT2D eigenvalue weighted by Gasteiger charge is -2.11. The Morgan fingerprint density at radius 1 is 0.864 bits per heavy atom. The SMILES string of the molecule is Cc1ccc(CNCc2ccccc2Oc2ccccc2)o1. The smallest absolute Gasteiger partial charge is 0.131 e.